The fraction of sp³-hybridized carbons (Fsp3) is 0.222. The lowest BCUT2D eigenvalue weighted by atomic mass is 10.1. The first kappa shape index (κ1) is 26.4. The fourth-order valence-corrected chi connectivity index (χ4v) is 4.91. The van der Waals surface area contributed by atoms with Gasteiger partial charge in [0.2, 0.25) is 0 Å². The van der Waals surface area contributed by atoms with Crippen molar-refractivity contribution < 1.29 is 19.2 Å². The second kappa shape index (κ2) is 12.0. The van der Waals surface area contributed by atoms with E-state index < -0.39 is 4.92 Å². The van der Waals surface area contributed by atoms with Gasteiger partial charge in [0.1, 0.15) is 6.61 Å². The van der Waals surface area contributed by atoms with Crippen LogP contribution in [0.4, 0.5) is 11.4 Å². The molecule has 0 aliphatic carbocycles. The van der Waals surface area contributed by atoms with Crippen LogP contribution in [0, 0.1) is 10.1 Å². The number of nitrogens with one attached hydrogen (secondary N) is 2. The van der Waals surface area contributed by atoms with Crippen molar-refractivity contribution in [2.45, 2.75) is 32.4 Å². The highest BCUT2D eigenvalue weighted by Gasteiger charge is 2.27. The Kier molecular flexibility index (Phi) is 8.58. The Morgan fingerprint density at radius 2 is 1.78 bits per heavy atom. The highest BCUT2D eigenvalue weighted by molar-refractivity contribution is 8.05. The molecule has 1 aliphatic rings. The molecule has 0 saturated carbocycles. The van der Waals surface area contributed by atoms with Crippen molar-refractivity contribution in [1.29, 1.82) is 0 Å². The fourth-order valence-electron chi connectivity index (χ4n) is 3.65. The van der Waals surface area contributed by atoms with Gasteiger partial charge >= 0.3 is 0 Å². The third kappa shape index (κ3) is 6.75. The van der Waals surface area contributed by atoms with E-state index in [1.54, 1.807) is 30.3 Å². The minimum atomic E-state index is -0.452. The maximum Gasteiger partial charge on any atom is 0.269 e. The third-order valence-electron chi connectivity index (χ3n) is 5.55. The van der Waals surface area contributed by atoms with Gasteiger partial charge in [0.05, 0.1) is 21.5 Å². The number of non-ortho nitro benzene ring substituents is 1. The Balaban J connectivity index is 1.47. The minimum absolute atomic E-state index is 0.00911. The van der Waals surface area contributed by atoms with Gasteiger partial charge in [-0.2, -0.15) is 0 Å². The van der Waals surface area contributed by atoms with Gasteiger partial charge in [-0.05, 0) is 72.5 Å². The van der Waals surface area contributed by atoms with Crippen molar-refractivity contribution in [3.05, 3.63) is 97.4 Å². The maximum atomic E-state index is 12.6. The highest BCUT2D eigenvalue weighted by Crippen LogP contribution is 2.39. The SMILES string of the molecule is CCOc1cc(/C=C2\S[C@H](Nc3ccc(CC)cc3)NC2=O)cc(Cl)c1OCc1ccc([N+](=O)[O-])cc1. The molecule has 3 aromatic rings. The number of nitro benzene ring substituents is 1. The van der Waals surface area contributed by atoms with Gasteiger partial charge in [0.15, 0.2) is 17.0 Å². The van der Waals surface area contributed by atoms with E-state index in [1.165, 1.54) is 29.5 Å². The summed E-state index contributed by atoms with van der Waals surface area (Å²) < 4.78 is 11.7. The van der Waals surface area contributed by atoms with Crippen molar-refractivity contribution >= 4 is 46.7 Å². The van der Waals surface area contributed by atoms with E-state index in [2.05, 4.69) is 29.7 Å². The number of amides is 1. The number of halogens is 1. The molecule has 1 atom stereocenters. The van der Waals surface area contributed by atoms with Crippen LogP contribution in [-0.4, -0.2) is 22.9 Å². The molecule has 1 saturated heterocycles. The van der Waals surface area contributed by atoms with Gasteiger partial charge in [0.25, 0.3) is 11.6 Å². The lowest BCUT2D eigenvalue weighted by molar-refractivity contribution is -0.384. The lowest BCUT2D eigenvalue weighted by Crippen LogP contribution is -2.30. The zero-order valence-corrected chi connectivity index (χ0v) is 21.9. The normalized spacial score (nSPS) is 15.9. The summed E-state index contributed by atoms with van der Waals surface area (Å²) in [5, 5.41) is 17.4. The monoisotopic (exact) mass is 539 g/mol. The molecular weight excluding hydrogens is 514 g/mol. The number of thioether (sulfide) groups is 1. The Hall–Kier alpha value is -3.69. The van der Waals surface area contributed by atoms with Gasteiger partial charge < -0.3 is 20.1 Å². The quantitative estimate of drug-likeness (QED) is 0.175. The van der Waals surface area contributed by atoms with Crippen LogP contribution in [0.15, 0.2) is 65.6 Å². The molecule has 1 amide bonds. The summed E-state index contributed by atoms with van der Waals surface area (Å²) in [7, 11) is 0. The summed E-state index contributed by atoms with van der Waals surface area (Å²) in [5.41, 5.74) is 3.33. The summed E-state index contributed by atoms with van der Waals surface area (Å²) in [4.78, 5) is 23.5. The Morgan fingerprint density at radius 1 is 1.08 bits per heavy atom. The summed E-state index contributed by atoms with van der Waals surface area (Å²) in [5.74, 6) is 0.626. The van der Waals surface area contributed by atoms with E-state index in [9.17, 15) is 14.9 Å². The second-order valence-corrected chi connectivity index (χ2v) is 9.70. The van der Waals surface area contributed by atoms with Crippen LogP contribution in [0.2, 0.25) is 5.02 Å². The number of hydrogen-bond acceptors (Lipinski definition) is 7. The maximum absolute atomic E-state index is 12.6. The van der Waals surface area contributed by atoms with E-state index in [0.29, 0.717) is 33.6 Å². The first-order valence-corrected chi connectivity index (χ1v) is 13.0. The molecule has 1 fully saturated rings. The molecule has 4 rings (SSSR count). The average Bonchev–Trinajstić information content (AvgIpc) is 3.22. The highest BCUT2D eigenvalue weighted by atomic mass is 35.5. The molecule has 3 aromatic carbocycles. The molecule has 0 radical (unpaired) electrons. The Bertz CT molecular complexity index is 1310. The number of nitro groups is 1. The molecule has 10 heteroatoms. The van der Waals surface area contributed by atoms with Crippen LogP contribution in [0.3, 0.4) is 0 Å². The number of aryl methyl sites for hydroxylation is 1. The summed E-state index contributed by atoms with van der Waals surface area (Å²) >= 11 is 7.93. The molecule has 192 valence electrons. The van der Waals surface area contributed by atoms with Crippen molar-refractivity contribution in [2.75, 3.05) is 11.9 Å². The predicted molar refractivity (Wildman–Crippen MR) is 147 cm³/mol. The first-order valence-electron chi connectivity index (χ1n) is 11.7. The largest absolute Gasteiger partial charge is 0.490 e. The van der Waals surface area contributed by atoms with Crippen LogP contribution in [0.5, 0.6) is 11.5 Å². The van der Waals surface area contributed by atoms with Gasteiger partial charge in [-0.1, -0.05) is 42.4 Å². The standard InChI is InChI=1S/C27H26ClN3O5S/c1-3-17-5-9-20(10-6-17)29-27-30-26(32)24(37-27)15-19-13-22(28)25(23(14-19)35-4-2)36-16-18-7-11-21(12-8-18)31(33)34/h5-15,27,29H,3-4,16H2,1-2H3,(H,30,32)/b24-15-/t27-/m1/s1. The number of carbonyl (C=O) groups is 1. The molecule has 1 aliphatic heterocycles. The molecule has 1 heterocycles. The zero-order valence-electron chi connectivity index (χ0n) is 20.3. The molecular formula is C27H26ClN3O5S. The molecule has 0 bridgehead atoms. The summed E-state index contributed by atoms with van der Waals surface area (Å²) in [6, 6.07) is 17.7. The topological polar surface area (TPSA) is 103 Å². The van der Waals surface area contributed by atoms with Crippen LogP contribution < -0.4 is 20.1 Å². The summed E-state index contributed by atoms with van der Waals surface area (Å²) in [6.07, 6.45) is 2.73. The number of anilines is 1. The smallest absolute Gasteiger partial charge is 0.269 e. The van der Waals surface area contributed by atoms with Gasteiger partial charge in [-0.3, -0.25) is 14.9 Å². The van der Waals surface area contributed by atoms with E-state index in [4.69, 9.17) is 21.1 Å². The molecule has 2 N–H and O–H groups in total. The molecule has 37 heavy (non-hydrogen) atoms. The Morgan fingerprint density at radius 3 is 2.43 bits per heavy atom. The van der Waals surface area contributed by atoms with Crippen LogP contribution in [-0.2, 0) is 17.8 Å². The molecule has 0 spiro atoms. The van der Waals surface area contributed by atoms with Crippen molar-refractivity contribution in [3.8, 4) is 11.5 Å². The number of ether oxygens (including phenoxy) is 2. The van der Waals surface area contributed by atoms with Gasteiger partial charge in [0, 0.05) is 17.8 Å². The van der Waals surface area contributed by atoms with Crippen LogP contribution >= 0.6 is 23.4 Å². The minimum Gasteiger partial charge on any atom is -0.490 e. The lowest BCUT2D eigenvalue weighted by Gasteiger charge is -2.15. The number of rotatable bonds is 10. The van der Waals surface area contributed by atoms with Crippen LogP contribution in [0.1, 0.15) is 30.5 Å². The van der Waals surface area contributed by atoms with E-state index in [-0.39, 0.29) is 23.7 Å². The third-order valence-corrected chi connectivity index (χ3v) is 6.86. The van der Waals surface area contributed by atoms with Crippen molar-refractivity contribution in [2.24, 2.45) is 0 Å². The number of nitrogens with zero attached hydrogens (tertiary/aromatic N) is 1. The van der Waals surface area contributed by atoms with Crippen molar-refractivity contribution in [3.63, 3.8) is 0 Å². The molecule has 0 unspecified atom stereocenters. The molecule has 8 nitrogen and oxygen atoms in total. The number of benzene rings is 3. The van der Waals surface area contributed by atoms with Crippen LogP contribution in [0.25, 0.3) is 6.08 Å². The van der Waals surface area contributed by atoms with Gasteiger partial charge in [-0.25, -0.2) is 0 Å². The second-order valence-electron chi connectivity index (χ2n) is 8.15. The molecule has 0 aromatic heterocycles. The van der Waals surface area contributed by atoms with E-state index in [0.717, 1.165) is 17.7 Å². The average molecular weight is 540 g/mol. The number of hydrogen-bond donors (Lipinski definition) is 2. The first-order chi connectivity index (χ1) is 17.9. The van der Waals surface area contributed by atoms with E-state index in [1.807, 2.05) is 19.1 Å². The van der Waals surface area contributed by atoms with Gasteiger partial charge in [-0.15, -0.1) is 0 Å². The number of carbonyl (C=O) groups excluding carboxylic acids is 1. The Labute approximate surface area is 224 Å². The van der Waals surface area contributed by atoms with E-state index >= 15 is 0 Å². The van der Waals surface area contributed by atoms with Crippen molar-refractivity contribution in [1.82, 2.24) is 5.32 Å². The summed E-state index contributed by atoms with van der Waals surface area (Å²) in [6.45, 7) is 4.50. The zero-order chi connectivity index (χ0) is 26.4. The predicted octanol–water partition coefficient (Wildman–Crippen LogP) is 6.39.